The van der Waals surface area contributed by atoms with E-state index in [9.17, 15) is 0 Å². The van der Waals surface area contributed by atoms with Gasteiger partial charge in [-0.25, -0.2) is 0 Å². The normalized spacial score (nSPS) is 19.7. The highest BCUT2D eigenvalue weighted by Crippen LogP contribution is 2.39. The summed E-state index contributed by atoms with van der Waals surface area (Å²) in [5.41, 5.74) is 9.01. The zero-order valence-electron chi connectivity index (χ0n) is 10.6. The predicted octanol–water partition coefficient (Wildman–Crippen LogP) is 2.91. The van der Waals surface area contributed by atoms with Gasteiger partial charge in [-0.1, -0.05) is 31.2 Å². The van der Waals surface area contributed by atoms with E-state index in [1.54, 1.807) is 0 Å². The molecule has 1 aliphatic rings. The highest BCUT2D eigenvalue weighted by atomic mass is 32.2. The van der Waals surface area contributed by atoms with Crippen LogP contribution in [0.3, 0.4) is 0 Å². The van der Waals surface area contributed by atoms with Gasteiger partial charge in [-0.2, -0.15) is 0 Å². The zero-order valence-corrected chi connectivity index (χ0v) is 11.4. The van der Waals surface area contributed by atoms with Gasteiger partial charge in [0.15, 0.2) is 0 Å². The van der Waals surface area contributed by atoms with Crippen molar-refractivity contribution in [3.8, 4) is 0 Å². The molecule has 2 unspecified atom stereocenters. The molecular formula is C14H21NOS. The van der Waals surface area contributed by atoms with E-state index in [4.69, 9.17) is 10.5 Å². The lowest BCUT2D eigenvalue weighted by molar-refractivity contribution is 0.0452. The topological polar surface area (TPSA) is 35.2 Å². The SMILES string of the molecule is CCC(N)C(SC1COC1)c1ccccc1C. The standard InChI is InChI=1S/C14H21NOS/c1-3-13(15)14(17-11-8-16-9-11)12-7-5-4-6-10(12)2/h4-7,11,13-14H,3,8-9,15H2,1-2H3. The second-order valence-corrected chi connectivity index (χ2v) is 6.09. The fourth-order valence-corrected chi connectivity index (χ4v) is 3.59. The summed E-state index contributed by atoms with van der Waals surface area (Å²) in [5, 5.41) is 1.02. The summed E-state index contributed by atoms with van der Waals surface area (Å²) in [4.78, 5) is 0. The van der Waals surface area contributed by atoms with Crippen LogP contribution in [0, 0.1) is 6.92 Å². The minimum atomic E-state index is 0.224. The lowest BCUT2D eigenvalue weighted by Gasteiger charge is -2.32. The van der Waals surface area contributed by atoms with Gasteiger partial charge < -0.3 is 10.5 Å². The summed E-state index contributed by atoms with van der Waals surface area (Å²) in [5.74, 6) is 0. The third-order valence-electron chi connectivity index (χ3n) is 3.30. The van der Waals surface area contributed by atoms with E-state index < -0.39 is 0 Å². The molecule has 17 heavy (non-hydrogen) atoms. The Kier molecular flexibility index (Phi) is 4.48. The molecule has 3 heteroatoms. The maximum Gasteiger partial charge on any atom is 0.0608 e. The van der Waals surface area contributed by atoms with Crippen LogP contribution in [0.1, 0.15) is 29.7 Å². The van der Waals surface area contributed by atoms with Crippen molar-refractivity contribution in [2.45, 2.75) is 36.8 Å². The Morgan fingerprint density at radius 2 is 2.12 bits per heavy atom. The maximum atomic E-state index is 6.28. The molecule has 1 aromatic rings. The molecule has 2 atom stereocenters. The molecule has 0 amide bonds. The highest BCUT2D eigenvalue weighted by Gasteiger charge is 2.28. The van der Waals surface area contributed by atoms with E-state index in [2.05, 4.69) is 38.1 Å². The average Bonchev–Trinajstić information content (AvgIpc) is 2.29. The number of thioether (sulfide) groups is 1. The molecule has 0 bridgehead atoms. The first-order valence-corrected chi connectivity index (χ1v) is 7.21. The van der Waals surface area contributed by atoms with E-state index >= 15 is 0 Å². The molecule has 1 heterocycles. The lowest BCUT2D eigenvalue weighted by Crippen LogP contribution is -2.35. The first-order valence-electron chi connectivity index (χ1n) is 6.26. The molecule has 0 radical (unpaired) electrons. The smallest absolute Gasteiger partial charge is 0.0608 e. The molecule has 0 aliphatic carbocycles. The Balaban J connectivity index is 2.16. The molecule has 1 aromatic carbocycles. The molecule has 0 aromatic heterocycles. The van der Waals surface area contributed by atoms with Crippen LogP contribution in [0.25, 0.3) is 0 Å². The van der Waals surface area contributed by atoms with Crippen LogP contribution >= 0.6 is 11.8 Å². The summed E-state index contributed by atoms with van der Waals surface area (Å²) >= 11 is 1.98. The number of aryl methyl sites for hydroxylation is 1. The van der Waals surface area contributed by atoms with Gasteiger partial charge in [-0.3, -0.25) is 0 Å². The molecule has 1 aliphatic heterocycles. The minimum absolute atomic E-state index is 0.224. The van der Waals surface area contributed by atoms with Crippen molar-refractivity contribution < 1.29 is 4.74 Å². The number of benzene rings is 1. The van der Waals surface area contributed by atoms with Gasteiger partial charge in [0.25, 0.3) is 0 Å². The zero-order chi connectivity index (χ0) is 12.3. The summed E-state index contributed by atoms with van der Waals surface area (Å²) in [7, 11) is 0. The third kappa shape index (κ3) is 3.03. The Bertz CT molecular complexity index is 365. The maximum absolute atomic E-state index is 6.28. The predicted molar refractivity (Wildman–Crippen MR) is 74.4 cm³/mol. The molecule has 0 saturated carbocycles. The average molecular weight is 251 g/mol. The van der Waals surface area contributed by atoms with Crippen LogP contribution in [-0.2, 0) is 4.74 Å². The molecule has 1 saturated heterocycles. The quantitative estimate of drug-likeness (QED) is 0.874. The number of nitrogens with two attached hydrogens (primary N) is 1. The number of hydrogen-bond donors (Lipinski definition) is 1. The fraction of sp³-hybridized carbons (Fsp3) is 0.571. The van der Waals surface area contributed by atoms with Gasteiger partial charge in [0.05, 0.1) is 18.5 Å². The molecule has 2 rings (SSSR count). The van der Waals surface area contributed by atoms with Gasteiger partial charge in [0.1, 0.15) is 0 Å². The van der Waals surface area contributed by atoms with Crippen molar-refractivity contribution in [1.29, 1.82) is 0 Å². The number of hydrogen-bond acceptors (Lipinski definition) is 3. The van der Waals surface area contributed by atoms with Gasteiger partial charge in [0, 0.05) is 11.3 Å². The van der Waals surface area contributed by atoms with Crippen LogP contribution in [0.2, 0.25) is 0 Å². The fourth-order valence-electron chi connectivity index (χ4n) is 2.02. The lowest BCUT2D eigenvalue weighted by atomic mass is 10.00. The van der Waals surface area contributed by atoms with Gasteiger partial charge in [0.2, 0.25) is 0 Å². The molecular weight excluding hydrogens is 230 g/mol. The molecule has 94 valence electrons. The van der Waals surface area contributed by atoms with Gasteiger partial charge in [-0.05, 0) is 24.5 Å². The largest absolute Gasteiger partial charge is 0.379 e. The van der Waals surface area contributed by atoms with Gasteiger partial charge in [-0.15, -0.1) is 11.8 Å². The van der Waals surface area contributed by atoms with Crippen molar-refractivity contribution in [3.63, 3.8) is 0 Å². The molecule has 2 N–H and O–H groups in total. The van der Waals surface area contributed by atoms with E-state index in [0.29, 0.717) is 10.5 Å². The minimum Gasteiger partial charge on any atom is -0.379 e. The molecule has 1 fully saturated rings. The monoisotopic (exact) mass is 251 g/mol. The first kappa shape index (κ1) is 12.9. The number of rotatable bonds is 5. The van der Waals surface area contributed by atoms with Crippen LogP contribution < -0.4 is 5.73 Å². The van der Waals surface area contributed by atoms with Crippen LogP contribution in [0.5, 0.6) is 0 Å². The number of ether oxygens (including phenoxy) is 1. The van der Waals surface area contributed by atoms with Crippen LogP contribution in [-0.4, -0.2) is 24.5 Å². The van der Waals surface area contributed by atoms with Crippen molar-refractivity contribution in [2.24, 2.45) is 5.73 Å². The van der Waals surface area contributed by atoms with E-state index in [1.165, 1.54) is 11.1 Å². The van der Waals surface area contributed by atoms with Crippen molar-refractivity contribution in [2.75, 3.05) is 13.2 Å². The molecule has 0 spiro atoms. The first-order chi connectivity index (χ1) is 8.22. The Labute approximate surface area is 108 Å². The second-order valence-electron chi connectivity index (χ2n) is 4.64. The second kappa shape index (κ2) is 5.89. The highest BCUT2D eigenvalue weighted by molar-refractivity contribution is 8.00. The Morgan fingerprint density at radius 3 is 2.65 bits per heavy atom. The summed E-state index contributed by atoms with van der Waals surface area (Å²) in [6, 6.07) is 8.80. The summed E-state index contributed by atoms with van der Waals surface area (Å²) in [6.45, 7) is 6.09. The van der Waals surface area contributed by atoms with Crippen LogP contribution in [0.4, 0.5) is 0 Å². The van der Waals surface area contributed by atoms with E-state index in [1.807, 2.05) is 11.8 Å². The van der Waals surface area contributed by atoms with Crippen molar-refractivity contribution >= 4 is 11.8 Å². The molecule has 2 nitrogen and oxygen atoms in total. The summed E-state index contributed by atoms with van der Waals surface area (Å²) < 4.78 is 5.25. The van der Waals surface area contributed by atoms with Crippen molar-refractivity contribution in [1.82, 2.24) is 0 Å². The third-order valence-corrected chi connectivity index (χ3v) is 4.86. The Hall–Kier alpha value is -0.510. The van der Waals surface area contributed by atoms with Crippen LogP contribution in [0.15, 0.2) is 24.3 Å². The Morgan fingerprint density at radius 1 is 1.41 bits per heavy atom. The van der Waals surface area contributed by atoms with E-state index in [0.717, 1.165) is 19.6 Å². The van der Waals surface area contributed by atoms with E-state index in [-0.39, 0.29) is 6.04 Å². The van der Waals surface area contributed by atoms with Gasteiger partial charge >= 0.3 is 0 Å². The van der Waals surface area contributed by atoms with Crippen molar-refractivity contribution in [3.05, 3.63) is 35.4 Å². The summed E-state index contributed by atoms with van der Waals surface area (Å²) in [6.07, 6.45) is 1.01.